The average Bonchev–Trinajstić information content (AvgIpc) is 2.21. The van der Waals surface area contributed by atoms with Crippen LogP contribution in [0.5, 0.6) is 0 Å². The molecule has 100 valence electrons. The summed E-state index contributed by atoms with van der Waals surface area (Å²) in [4.78, 5) is 29.0. The van der Waals surface area contributed by atoms with Gasteiger partial charge in [-0.3, -0.25) is 9.59 Å². The zero-order chi connectivity index (χ0) is 13.8. The van der Waals surface area contributed by atoms with Crippen LogP contribution in [0.15, 0.2) is 11.1 Å². The van der Waals surface area contributed by atoms with E-state index in [4.69, 9.17) is 5.73 Å². The first-order chi connectivity index (χ1) is 8.29. The zero-order valence-electron chi connectivity index (χ0n) is 10.8. The maximum Gasteiger partial charge on any atom is 0.276 e. The third-order valence-electron chi connectivity index (χ3n) is 2.05. The number of hydrogen-bond donors (Lipinski definition) is 4. The fourth-order valence-electron chi connectivity index (χ4n) is 1.33. The quantitative estimate of drug-likeness (QED) is 0.606. The van der Waals surface area contributed by atoms with Crippen molar-refractivity contribution in [2.45, 2.75) is 32.7 Å². The molecule has 5 N–H and O–H groups in total. The molecule has 18 heavy (non-hydrogen) atoms. The Hall–Kier alpha value is -2.05. The fraction of sp³-hybridized carbons (Fsp3) is 0.545. The van der Waals surface area contributed by atoms with Gasteiger partial charge in [0.05, 0.1) is 6.33 Å². The summed E-state index contributed by atoms with van der Waals surface area (Å²) in [7, 11) is 0. The number of carbonyl (C=O) groups excluding carboxylic acids is 1. The van der Waals surface area contributed by atoms with Crippen LogP contribution in [0.25, 0.3) is 0 Å². The maximum atomic E-state index is 11.5. The van der Waals surface area contributed by atoms with Crippen LogP contribution in [-0.4, -0.2) is 28.0 Å². The molecule has 0 unspecified atom stereocenters. The Balaban J connectivity index is 2.45. The molecule has 0 bridgehead atoms. The summed E-state index contributed by atoms with van der Waals surface area (Å²) in [6.45, 7) is 6.10. The van der Waals surface area contributed by atoms with E-state index in [1.54, 1.807) is 0 Å². The molecule has 1 amide bonds. The number of anilines is 2. The number of nitrogens with two attached hydrogens (primary N) is 1. The number of rotatable bonds is 4. The van der Waals surface area contributed by atoms with Crippen LogP contribution in [0.4, 0.5) is 11.5 Å². The third kappa shape index (κ3) is 4.44. The van der Waals surface area contributed by atoms with Gasteiger partial charge >= 0.3 is 0 Å². The number of carbonyl (C=O) groups is 1. The van der Waals surface area contributed by atoms with Crippen LogP contribution >= 0.6 is 0 Å². The summed E-state index contributed by atoms with van der Waals surface area (Å²) in [6, 6.07) is 0. The van der Waals surface area contributed by atoms with Crippen molar-refractivity contribution in [2.75, 3.05) is 17.6 Å². The van der Waals surface area contributed by atoms with Crippen LogP contribution in [0.3, 0.4) is 0 Å². The second kappa shape index (κ2) is 5.52. The molecule has 0 atom stereocenters. The zero-order valence-corrected chi connectivity index (χ0v) is 10.8. The van der Waals surface area contributed by atoms with E-state index in [0.29, 0.717) is 12.4 Å². The van der Waals surface area contributed by atoms with E-state index in [9.17, 15) is 9.59 Å². The summed E-state index contributed by atoms with van der Waals surface area (Å²) >= 11 is 0. The monoisotopic (exact) mass is 253 g/mol. The van der Waals surface area contributed by atoms with Crippen molar-refractivity contribution < 1.29 is 4.79 Å². The number of aromatic nitrogens is 2. The van der Waals surface area contributed by atoms with Crippen LogP contribution in [-0.2, 0) is 4.79 Å². The molecule has 0 aliphatic carbocycles. The van der Waals surface area contributed by atoms with Gasteiger partial charge in [0.25, 0.3) is 5.56 Å². The molecule has 0 fully saturated rings. The predicted octanol–water partition coefficient (Wildman–Crippen LogP) is 0.0688. The summed E-state index contributed by atoms with van der Waals surface area (Å²) in [6.07, 6.45) is 1.54. The van der Waals surface area contributed by atoms with Gasteiger partial charge in [-0.15, -0.1) is 0 Å². The van der Waals surface area contributed by atoms with Crippen molar-refractivity contribution >= 4 is 17.4 Å². The molecule has 0 aliphatic heterocycles. The van der Waals surface area contributed by atoms with Crippen LogP contribution in [0, 0.1) is 0 Å². The second-order valence-corrected chi connectivity index (χ2v) is 4.97. The molecule has 0 radical (unpaired) electrons. The number of nitrogen functional groups attached to an aromatic ring is 1. The highest BCUT2D eigenvalue weighted by Crippen LogP contribution is 2.07. The van der Waals surface area contributed by atoms with Gasteiger partial charge in [-0.05, 0) is 20.8 Å². The molecule has 0 aromatic carbocycles. The van der Waals surface area contributed by atoms with E-state index < -0.39 is 5.56 Å². The summed E-state index contributed by atoms with van der Waals surface area (Å²) in [5.74, 6) is 0.223. The van der Waals surface area contributed by atoms with E-state index in [0.717, 1.165) is 0 Å². The Morgan fingerprint density at radius 1 is 1.50 bits per heavy atom. The minimum Gasteiger partial charge on any atom is -0.391 e. The molecule has 1 aromatic rings. The topological polar surface area (TPSA) is 113 Å². The molecule has 0 spiro atoms. The Morgan fingerprint density at radius 2 is 2.17 bits per heavy atom. The van der Waals surface area contributed by atoms with E-state index in [2.05, 4.69) is 20.6 Å². The standard InChI is InChI=1S/C11H19N5O2/c1-11(2,3)16-7(17)4-5-13-9-8(12)10(18)15-6-14-9/h6H,4-5,12H2,1-3H3,(H,16,17)(H2,13,14,15,18). The SMILES string of the molecule is CC(C)(C)NC(=O)CCNc1nc[nH]c(=O)c1N. The molecule has 1 rings (SSSR count). The number of aromatic amines is 1. The number of nitrogens with zero attached hydrogens (tertiary/aromatic N) is 1. The van der Waals surface area contributed by atoms with E-state index >= 15 is 0 Å². The first-order valence-electron chi connectivity index (χ1n) is 5.67. The highest BCUT2D eigenvalue weighted by Gasteiger charge is 2.13. The molecule has 0 saturated carbocycles. The van der Waals surface area contributed by atoms with Gasteiger partial charge in [0.2, 0.25) is 5.91 Å². The molecular formula is C11H19N5O2. The first-order valence-corrected chi connectivity index (χ1v) is 5.67. The number of H-pyrrole nitrogens is 1. The largest absolute Gasteiger partial charge is 0.391 e. The van der Waals surface area contributed by atoms with Crippen molar-refractivity contribution in [3.05, 3.63) is 16.7 Å². The van der Waals surface area contributed by atoms with Crippen molar-refractivity contribution in [1.82, 2.24) is 15.3 Å². The minimum absolute atomic E-state index is 0.0220. The molecule has 0 saturated heterocycles. The lowest BCUT2D eigenvalue weighted by Crippen LogP contribution is -2.41. The molecule has 1 heterocycles. The highest BCUT2D eigenvalue weighted by atomic mass is 16.1. The van der Waals surface area contributed by atoms with Crippen LogP contribution in [0.2, 0.25) is 0 Å². The predicted molar refractivity (Wildman–Crippen MR) is 70.3 cm³/mol. The summed E-state index contributed by atoms with van der Waals surface area (Å²) in [5, 5.41) is 5.69. The Labute approximate surface area is 105 Å². The fourth-order valence-corrected chi connectivity index (χ4v) is 1.33. The lowest BCUT2D eigenvalue weighted by Gasteiger charge is -2.20. The lowest BCUT2D eigenvalue weighted by atomic mass is 10.1. The van der Waals surface area contributed by atoms with Gasteiger partial charge in [-0.25, -0.2) is 4.98 Å². The number of hydrogen-bond acceptors (Lipinski definition) is 5. The molecule has 7 heteroatoms. The Kier molecular flexibility index (Phi) is 4.30. The molecular weight excluding hydrogens is 234 g/mol. The third-order valence-corrected chi connectivity index (χ3v) is 2.05. The summed E-state index contributed by atoms with van der Waals surface area (Å²) in [5.41, 5.74) is 4.91. The van der Waals surface area contributed by atoms with Gasteiger partial charge in [-0.1, -0.05) is 0 Å². The lowest BCUT2D eigenvalue weighted by molar-refractivity contribution is -0.122. The van der Waals surface area contributed by atoms with Crippen molar-refractivity contribution in [1.29, 1.82) is 0 Å². The highest BCUT2D eigenvalue weighted by molar-refractivity contribution is 5.77. The minimum atomic E-state index is -0.397. The molecule has 0 aliphatic rings. The molecule has 1 aromatic heterocycles. The Morgan fingerprint density at radius 3 is 2.78 bits per heavy atom. The van der Waals surface area contributed by atoms with Crippen LogP contribution in [0.1, 0.15) is 27.2 Å². The van der Waals surface area contributed by atoms with E-state index in [1.807, 2.05) is 20.8 Å². The number of amides is 1. The van der Waals surface area contributed by atoms with Gasteiger partial charge in [0.15, 0.2) is 5.82 Å². The Bertz CT molecular complexity index is 475. The van der Waals surface area contributed by atoms with E-state index in [1.165, 1.54) is 6.33 Å². The van der Waals surface area contributed by atoms with Gasteiger partial charge in [-0.2, -0.15) is 0 Å². The van der Waals surface area contributed by atoms with E-state index in [-0.39, 0.29) is 23.6 Å². The van der Waals surface area contributed by atoms with Gasteiger partial charge in [0.1, 0.15) is 5.69 Å². The summed E-state index contributed by atoms with van der Waals surface area (Å²) < 4.78 is 0. The smallest absolute Gasteiger partial charge is 0.276 e. The second-order valence-electron chi connectivity index (χ2n) is 4.97. The average molecular weight is 253 g/mol. The van der Waals surface area contributed by atoms with Crippen molar-refractivity contribution in [3.63, 3.8) is 0 Å². The van der Waals surface area contributed by atoms with Crippen LogP contribution < -0.4 is 21.9 Å². The van der Waals surface area contributed by atoms with Gasteiger partial charge in [0, 0.05) is 18.5 Å². The molecule has 7 nitrogen and oxygen atoms in total. The maximum absolute atomic E-state index is 11.5. The normalized spacial score (nSPS) is 11.1. The van der Waals surface area contributed by atoms with Crippen molar-refractivity contribution in [3.8, 4) is 0 Å². The first kappa shape index (κ1) is 14.0. The number of nitrogens with one attached hydrogen (secondary N) is 3. The van der Waals surface area contributed by atoms with Gasteiger partial charge < -0.3 is 21.4 Å². The van der Waals surface area contributed by atoms with Crippen molar-refractivity contribution in [2.24, 2.45) is 0 Å².